The van der Waals surface area contributed by atoms with Gasteiger partial charge in [-0.15, -0.1) is 0 Å². The number of hydrogen-bond acceptors (Lipinski definition) is 7. The molecule has 4 aromatic rings. The second-order valence-electron chi connectivity index (χ2n) is 7.67. The maximum absolute atomic E-state index is 11.8. The van der Waals surface area contributed by atoms with E-state index in [0.717, 1.165) is 34.0 Å². The fourth-order valence-electron chi connectivity index (χ4n) is 3.88. The van der Waals surface area contributed by atoms with Gasteiger partial charge < -0.3 is 0 Å². The van der Waals surface area contributed by atoms with Crippen molar-refractivity contribution in [2.24, 2.45) is 0 Å². The van der Waals surface area contributed by atoms with Crippen LogP contribution in [0.4, 0.5) is 0 Å². The van der Waals surface area contributed by atoms with Gasteiger partial charge in [-0.1, -0.05) is 6.07 Å². The molecule has 1 aliphatic heterocycles. The van der Waals surface area contributed by atoms with E-state index < -0.39 is 15.6 Å². The Morgan fingerprint density at radius 2 is 2.10 bits per heavy atom. The highest BCUT2D eigenvalue weighted by Crippen LogP contribution is 2.35. The van der Waals surface area contributed by atoms with E-state index in [1.807, 2.05) is 30.3 Å². The highest BCUT2D eigenvalue weighted by Gasteiger charge is 2.50. The predicted molar refractivity (Wildman–Crippen MR) is 113 cm³/mol. The lowest BCUT2D eigenvalue weighted by atomic mass is 9.90. The summed E-state index contributed by atoms with van der Waals surface area (Å²) in [5.74, 6) is 0. The Labute approximate surface area is 178 Å². The molecule has 156 valence electrons. The zero-order chi connectivity index (χ0) is 21.6. The summed E-state index contributed by atoms with van der Waals surface area (Å²) in [6.45, 7) is 0.341. The molecule has 10 nitrogen and oxygen atoms in total. The van der Waals surface area contributed by atoms with Crippen molar-refractivity contribution in [3.63, 3.8) is 0 Å². The molecule has 0 unspecified atom stereocenters. The summed E-state index contributed by atoms with van der Waals surface area (Å²) in [7, 11) is -3.33. The molecule has 1 saturated heterocycles. The van der Waals surface area contributed by atoms with E-state index in [4.69, 9.17) is 0 Å². The van der Waals surface area contributed by atoms with E-state index in [2.05, 4.69) is 31.4 Å². The lowest BCUT2D eigenvalue weighted by molar-refractivity contribution is 0.0579. The molecule has 4 heterocycles. The Kier molecular flexibility index (Phi) is 4.35. The maximum Gasteiger partial charge on any atom is 0.211 e. The number of benzene rings is 1. The molecule has 0 bridgehead atoms. The van der Waals surface area contributed by atoms with Crippen molar-refractivity contribution in [3.05, 3.63) is 48.9 Å². The molecule has 5 rings (SSSR count). The highest BCUT2D eigenvalue weighted by molar-refractivity contribution is 7.88. The average Bonchev–Trinajstić information content (AvgIpc) is 3.41. The number of nitrogens with one attached hydrogen (secondary N) is 1. The van der Waals surface area contributed by atoms with Crippen LogP contribution in [-0.2, 0) is 15.6 Å². The first kappa shape index (κ1) is 19.3. The Morgan fingerprint density at radius 1 is 1.26 bits per heavy atom. The van der Waals surface area contributed by atoms with Crippen LogP contribution in [0, 0.1) is 11.3 Å². The third-order valence-corrected chi connectivity index (χ3v) is 6.74. The second-order valence-corrected chi connectivity index (χ2v) is 9.66. The molecule has 3 aromatic heterocycles. The van der Waals surface area contributed by atoms with Crippen LogP contribution >= 0.6 is 0 Å². The molecule has 0 saturated carbocycles. The molecule has 1 aromatic carbocycles. The molecule has 1 fully saturated rings. The summed E-state index contributed by atoms with van der Waals surface area (Å²) < 4.78 is 25.0. The van der Waals surface area contributed by atoms with Gasteiger partial charge in [-0.3, -0.25) is 10.1 Å². The summed E-state index contributed by atoms with van der Waals surface area (Å²) >= 11 is 0. The van der Waals surface area contributed by atoms with Crippen LogP contribution in [0.2, 0.25) is 0 Å². The third kappa shape index (κ3) is 3.26. The van der Waals surface area contributed by atoms with E-state index in [0.29, 0.717) is 5.69 Å². The van der Waals surface area contributed by atoms with Crippen LogP contribution in [0.15, 0.2) is 48.9 Å². The van der Waals surface area contributed by atoms with Crippen molar-refractivity contribution in [3.8, 4) is 28.6 Å². The Hall–Kier alpha value is -3.62. The van der Waals surface area contributed by atoms with Crippen LogP contribution in [0.5, 0.6) is 0 Å². The number of aromatic amines is 1. The summed E-state index contributed by atoms with van der Waals surface area (Å²) in [5, 5.41) is 26.3. The minimum Gasteiger partial charge on any atom is -0.278 e. The largest absolute Gasteiger partial charge is 0.278 e. The fourth-order valence-corrected chi connectivity index (χ4v) is 4.83. The normalized spacial score (nSPS) is 16.1. The Bertz CT molecular complexity index is 1410. The number of H-pyrrole nitrogens is 1. The SMILES string of the molecule is CS(=O)(=O)N1CC(CC#N)(n2ncc(-c3cc(-c4ccn[nH]4)cc4ncccc34)n2)C1. The predicted octanol–water partition coefficient (Wildman–Crippen LogP) is 1.77. The number of sulfonamides is 1. The molecular weight excluding hydrogens is 416 g/mol. The fraction of sp³-hybridized carbons (Fsp3) is 0.250. The zero-order valence-electron chi connectivity index (χ0n) is 16.6. The van der Waals surface area contributed by atoms with E-state index in [9.17, 15) is 13.7 Å². The van der Waals surface area contributed by atoms with E-state index in [1.165, 1.54) is 9.10 Å². The van der Waals surface area contributed by atoms with E-state index in [-0.39, 0.29) is 19.5 Å². The quantitative estimate of drug-likeness (QED) is 0.506. The van der Waals surface area contributed by atoms with Crippen molar-refractivity contribution in [1.82, 2.24) is 34.5 Å². The zero-order valence-corrected chi connectivity index (χ0v) is 17.4. The van der Waals surface area contributed by atoms with Gasteiger partial charge in [0.2, 0.25) is 10.0 Å². The summed E-state index contributed by atoms with van der Waals surface area (Å²) in [4.78, 5) is 5.97. The Balaban J connectivity index is 1.59. The molecular formula is C20H18N8O2S. The van der Waals surface area contributed by atoms with Crippen molar-refractivity contribution >= 4 is 20.9 Å². The topological polar surface area (TPSA) is 133 Å². The molecule has 1 N–H and O–H groups in total. The van der Waals surface area contributed by atoms with Gasteiger partial charge in [0.1, 0.15) is 11.2 Å². The number of nitrogens with zero attached hydrogens (tertiary/aromatic N) is 7. The van der Waals surface area contributed by atoms with Gasteiger partial charge in [-0.25, -0.2) is 8.42 Å². The number of rotatable bonds is 5. The van der Waals surface area contributed by atoms with Crippen LogP contribution in [0.3, 0.4) is 0 Å². The molecule has 0 spiro atoms. The lowest BCUT2D eigenvalue weighted by Crippen LogP contribution is -2.64. The minimum absolute atomic E-state index is 0.115. The Morgan fingerprint density at radius 3 is 2.81 bits per heavy atom. The lowest BCUT2D eigenvalue weighted by Gasteiger charge is -2.46. The van der Waals surface area contributed by atoms with Gasteiger partial charge in [0.25, 0.3) is 0 Å². The van der Waals surface area contributed by atoms with Gasteiger partial charge in [-0.2, -0.15) is 29.7 Å². The number of nitriles is 1. The molecule has 11 heteroatoms. The maximum atomic E-state index is 11.8. The van der Waals surface area contributed by atoms with Gasteiger partial charge >= 0.3 is 0 Å². The van der Waals surface area contributed by atoms with Crippen molar-refractivity contribution in [2.45, 2.75) is 12.0 Å². The average molecular weight is 434 g/mol. The van der Waals surface area contributed by atoms with Crippen molar-refractivity contribution < 1.29 is 8.42 Å². The number of pyridine rings is 1. The first-order valence-corrected chi connectivity index (χ1v) is 11.4. The van der Waals surface area contributed by atoms with Crippen LogP contribution in [0.25, 0.3) is 33.4 Å². The smallest absolute Gasteiger partial charge is 0.211 e. The molecule has 0 radical (unpaired) electrons. The second kappa shape index (κ2) is 6.97. The molecule has 0 aliphatic carbocycles. The van der Waals surface area contributed by atoms with Gasteiger partial charge in [0, 0.05) is 42.0 Å². The van der Waals surface area contributed by atoms with Gasteiger partial charge in [0.15, 0.2) is 0 Å². The molecule has 1 aliphatic rings. The summed E-state index contributed by atoms with van der Waals surface area (Å²) in [6.07, 6.45) is 6.33. The minimum atomic E-state index is -3.33. The molecule has 0 amide bonds. The number of hydrogen-bond donors (Lipinski definition) is 1. The van der Waals surface area contributed by atoms with E-state index >= 15 is 0 Å². The van der Waals surface area contributed by atoms with Crippen LogP contribution in [0.1, 0.15) is 6.42 Å². The first-order valence-electron chi connectivity index (χ1n) is 9.53. The van der Waals surface area contributed by atoms with Crippen molar-refractivity contribution in [1.29, 1.82) is 5.26 Å². The first-order chi connectivity index (χ1) is 14.9. The summed E-state index contributed by atoms with van der Waals surface area (Å²) in [6, 6.07) is 11.8. The summed E-state index contributed by atoms with van der Waals surface area (Å²) in [5.41, 5.74) is 3.25. The van der Waals surface area contributed by atoms with Gasteiger partial charge in [-0.05, 0) is 24.3 Å². The number of fused-ring (bicyclic) bond motifs is 1. The van der Waals surface area contributed by atoms with Gasteiger partial charge in [0.05, 0.1) is 36.2 Å². The van der Waals surface area contributed by atoms with E-state index in [1.54, 1.807) is 18.6 Å². The van der Waals surface area contributed by atoms with Crippen LogP contribution in [-0.4, -0.2) is 62.2 Å². The number of aromatic nitrogens is 6. The standard InChI is InChI=1S/C20H18N8O2S/c1-31(29,30)27-12-20(13-27,5-6-21)28-24-11-19(26-28)16-9-14(17-4-8-23-25-17)10-18-15(16)3-2-7-22-18/h2-4,7-11H,5,12-13H2,1H3,(H,23,25). The monoisotopic (exact) mass is 434 g/mol. The molecule has 31 heavy (non-hydrogen) atoms. The highest BCUT2D eigenvalue weighted by atomic mass is 32.2. The van der Waals surface area contributed by atoms with Crippen LogP contribution < -0.4 is 0 Å². The third-order valence-electron chi connectivity index (χ3n) is 5.54. The van der Waals surface area contributed by atoms with Crippen molar-refractivity contribution in [2.75, 3.05) is 19.3 Å². The molecule has 0 atom stereocenters.